The van der Waals surface area contributed by atoms with Crippen LogP contribution in [-0.2, 0) is 17.9 Å². The third-order valence-electron chi connectivity index (χ3n) is 5.00. The maximum atomic E-state index is 5.73. The van der Waals surface area contributed by atoms with Gasteiger partial charge in [0.15, 0.2) is 0 Å². The first-order valence-electron chi connectivity index (χ1n) is 9.95. The van der Waals surface area contributed by atoms with E-state index < -0.39 is 0 Å². The smallest absolute Gasteiger partial charge is 0.317 e. The van der Waals surface area contributed by atoms with Gasteiger partial charge in [-0.1, -0.05) is 36.4 Å². The van der Waals surface area contributed by atoms with E-state index in [0.29, 0.717) is 12.6 Å². The van der Waals surface area contributed by atoms with Crippen molar-refractivity contribution in [3.63, 3.8) is 0 Å². The number of hydrogen-bond donors (Lipinski definition) is 0. The largest absolute Gasteiger partial charge is 0.459 e. The number of hydrogen-bond acceptors (Lipinski definition) is 7. The summed E-state index contributed by atoms with van der Waals surface area (Å²) in [5.41, 5.74) is 4.13. The predicted octanol–water partition coefficient (Wildman–Crippen LogP) is 3.96. The van der Waals surface area contributed by atoms with Gasteiger partial charge < -0.3 is 9.47 Å². The average molecular weight is 418 g/mol. The van der Waals surface area contributed by atoms with Crippen molar-refractivity contribution in [1.82, 2.24) is 19.9 Å². The summed E-state index contributed by atoms with van der Waals surface area (Å²) in [5, 5.41) is 0.860. The van der Waals surface area contributed by atoms with Crippen molar-refractivity contribution < 1.29 is 9.47 Å². The molecule has 151 valence electrons. The number of morpholine rings is 1. The second kappa shape index (κ2) is 8.87. The van der Waals surface area contributed by atoms with Gasteiger partial charge in [-0.15, -0.1) is 11.3 Å². The SMILES string of the molecule is [c]1nc(OCc2ccc(CN3CCOCC3)cc2)ncc1-c1nc2ccccc2s1. The zero-order chi connectivity index (χ0) is 20.2. The Kier molecular flexibility index (Phi) is 5.65. The highest BCUT2D eigenvalue weighted by Crippen LogP contribution is 2.29. The Hall–Kier alpha value is -2.87. The van der Waals surface area contributed by atoms with E-state index in [0.717, 1.165) is 59.2 Å². The zero-order valence-corrected chi connectivity index (χ0v) is 17.3. The summed E-state index contributed by atoms with van der Waals surface area (Å²) in [6.07, 6.45) is 4.71. The highest BCUT2D eigenvalue weighted by molar-refractivity contribution is 7.21. The molecule has 0 N–H and O–H groups in total. The van der Waals surface area contributed by atoms with Crippen molar-refractivity contribution in [2.24, 2.45) is 0 Å². The third-order valence-corrected chi connectivity index (χ3v) is 6.07. The van der Waals surface area contributed by atoms with Gasteiger partial charge in [-0.05, 0) is 23.3 Å². The molecule has 1 aliphatic heterocycles. The molecule has 7 heteroatoms. The van der Waals surface area contributed by atoms with Crippen LogP contribution in [0.25, 0.3) is 20.8 Å². The van der Waals surface area contributed by atoms with Crippen molar-refractivity contribution in [3.8, 4) is 16.6 Å². The molecular weight excluding hydrogens is 396 g/mol. The van der Waals surface area contributed by atoms with E-state index in [1.54, 1.807) is 17.5 Å². The molecule has 0 spiro atoms. The number of thiazole rings is 1. The molecule has 0 amide bonds. The molecule has 6 nitrogen and oxygen atoms in total. The lowest BCUT2D eigenvalue weighted by atomic mass is 10.1. The van der Waals surface area contributed by atoms with Crippen LogP contribution in [0.15, 0.2) is 54.7 Å². The van der Waals surface area contributed by atoms with Crippen molar-refractivity contribution in [2.75, 3.05) is 26.3 Å². The minimum absolute atomic E-state index is 0.317. The fourth-order valence-electron chi connectivity index (χ4n) is 3.35. The quantitative estimate of drug-likeness (QED) is 0.473. The van der Waals surface area contributed by atoms with Crippen LogP contribution in [0.5, 0.6) is 6.01 Å². The van der Waals surface area contributed by atoms with Gasteiger partial charge in [0.05, 0.1) is 29.0 Å². The minimum atomic E-state index is 0.317. The van der Waals surface area contributed by atoms with Gasteiger partial charge in [-0.3, -0.25) is 4.90 Å². The topological polar surface area (TPSA) is 60.4 Å². The molecule has 1 aliphatic rings. The fourth-order valence-corrected chi connectivity index (χ4v) is 4.28. The number of rotatable bonds is 6. The number of ether oxygens (including phenoxy) is 2. The lowest BCUT2D eigenvalue weighted by Crippen LogP contribution is -2.35. The first kappa shape index (κ1) is 19.1. The third kappa shape index (κ3) is 4.48. The van der Waals surface area contributed by atoms with Crippen LogP contribution in [0.2, 0.25) is 0 Å². The Morgan fingerprint density at radius 3 is 2.60 bits per heavy atom. The van der Waals surface area contributed by atoms with Crippen molar-refractivity contribution in [1.29, 1.82) is 0 Å². The van der Waals surface area contributed by atoms with Gasteiger partial charge in [0.25, 0.3) is 0 Å². The van der Waals surface area contributed by atoms with Gasteiger partial charge in [0.1, 0.15) is 17.8 Å². The Morgan fingerprint density at radius 2 is 1.83 bits per heavy atom. The van der Waals surface area contributed by atoms with Crippen LogP contribution in [0.4, 0.5) is 0 Å². The van der Waals surface area contributed by atoms with Gasteiger partial charge in [0, 0.05) is 25.8 Å². The Labute approximate surface area is 179 Å². The molecular formula is C23H21N4O2S. The van der Waals surface area contributed by atoms with E-state index in [9.17, 15) is 0 Å². The number of aromatic nitrogens is 3. The van der Waals surface area contributed by atoms with E-state index in [4.69, 9.17) is 9.47 Å². The van der Waals surface area contributed by atoms with Gasteiger partial charge in [-0.2, -0.15) is 4.98 Å². The highest BCUT2D eigenvalue weighted by Gasteiger charge is 2.11. The molecule has 4 aromatic rings. The summed E-state index contributed by atoms with van der Waals surface area (Å²) in [6.45, 7) is 5.00. The molecule has 0 saturated carbocycles. The lowest BCUT2D eigenvalue weighted by Gasteiger charge is -2.26. The zero-order valence-electron chi connectivity index (χ0n) is 16.5. The van der Waals surface area contributed by atoms with E-state index in [1.165, 1.54) is 5.56 Å². The highest BCUT2D eigenvalue weighted by atomic mass is 32.1. The normalized spacial score (nSPS) is 14.8. The maximum absolute atomic E-state index is 5.73. The number of nitrogens with zero attached hydrogens (tertiary/aromatic N) is 4. The first-order valence-corrected chi connectivity index (χ1v) is 10.8. The predicted molar refractivity (Wildman–Crippen MR) is 116 cm³/mol. The summed E-state index contributed by atoms with van der Waals surface area (Å²) in [4.78, 5) is 15.6. The molecule has 0 aliphatic carbocycles. The van der Waals surface area contributed by atoms with E-state index in [-0.39, 0.29) is 0 Å². The molecule has 1 radical (unpaired) electrons. The van der Waals surface area contributed by atoms with Gasteiger partial charge in [0.2, 0.25) is 0 Å². The Bertz CT molecular complexity index is 1070. The second-order valence-corrected chi connectivity index (χ2v) is 8.19. The number of fused-ring (bicyclic) bond motifs is 1. The summed E-state index contributed by atoms with van der Waals surface area (Å²) in [6, 6.07) is 16.9. The van der Waals surface area contributed by atoms with Crippen LogP contribution >= 0.6 is 11.3 Å². The fraction of sp³-hybridized carbons (Fsp3) is 0.261. The van der Waals surface area contributed by atoms with E-state index >= 15 is 0 Å². The van der Waals surface area contributed by atoms with Crippen LogP contribution in [0.3, 0.4) is 0 Å². The van der Waals surface area contributed by atoms with Crippen molar-refractivity contribution >= 4 is 21.6 Å². The van der Waals surface area contributed by atoms with Crippen molar-refractivity contribution in [3.05, 3.63) is 72.1 Å². The number of benzene rings is 2. The van der Waals surface area contributed by atoms with Crippen LogP contribution in [0.1, 0.15) is 11.1 Å². The minimum Gasteiger partial charge on any atom is -0.459 e. The van der Waals surface area contributed by atoms with Gasteiger partial charge in [-0.25, -0.2) is 9.97 Å². The van der Waals surface area contributed by atoms with E-state index in [1.807, 2.05) is 18.2 Å². The summed E-state index contributed by atoms with van der Waals surface area (Å²) < 4.78 is 12.3. The Morgan fingerprint density at radius 1 is 1.03 bits per heavy atom. The molecule has 0 unspecified atom stereocenters. The molecule has 2 aromatic heterocycles. The number of para-hydroxylation sites is 1. The van der Waals surface area contributed by atoms with Gasteiger partial charge >= 0.3 is 6.01 Å². The summed E-state index contributed by atoms with van der Waals surface area (Å²) >= 11 is 1.61. The van der Waals surface area contributed by atoms with E-state index in [2.05, 4.69) is 56.4 Å². The standard InChI is InChI=1S/C23H21N4O2S/c1-2-4-21-20(3-1)26-22(30-21)19-13-24-23(25-14-19)29-16-18-7-5-17(6-8-18)15-27-9-11-28-12-10-27/h1-8,13H,9-12,15-16H2. The summed E-state index contributed by atoms with van der Waals surface area (Å²) in [5.74, 6) is 0. The van der Waals surface area contributed by atoms with Crippen LogP contribution < -0.4 is 4.74 Å². The first-order chi connectivity index (χ1) is 14.8. The molecule has 5 rings (SSSR count). The summed E-state index contributed by atoms with van der Waals surface area (Å²) in [7, 11) is 0. The monoisotopic (exact) mass is 417 g/mol. The molecule has 3 heterocycles. The molecule has 0 atom stereocenters. The molecule has 1 saturated heterocycles. The maximum Gasteiger partial charge on any atom is 0.317 e. The second-order valence-electron chi connectivity index (χ2n) is 7.16. The van der Waals surface area contributed by atoms with Crippen LogP contribution in [0, 0.1) is 6.20 Å². The lowest BCUT2D eigenvalue weighted by molar-refractivity contribution is 0.0342. The molecule has 0 bridgehead atoms. The van der Waals surface area contributed by atoms with Crippen LogP contribution in [-0.4, -0.2) is 46.2 Å². The molecule has 2 aromatic carbocycles. The molecule has 30 heavy (non-hydrogen) atoms. The average Bonchev–Trinajstić information content (AvgIpc) is 3.24. The Balaban J connectivity index is 1.18. The molecule has 1 fully saturated rings. The van der Waals surface area contributed by atoms with Crippen molar-refractivity contribution in [2.45, 2.75) is 13.2 Å².